The number of esters is 1. The Balaban J connectivity index is 2.16. The van der Waals surface area contributed by atoms with Crippen molar-refractivity contribution in [2.75, 3.05) is 11.9 Å². The standard InChI is InChI=1S/C13H9F3N2O3S/c1-2-21-12(20)8-5-22-13(17-8)18-11(19)6-3-4-7(14)10(16)9(6)15/h3-5H,2H2,1H3,(H,17,18,19). The summed E-state index contributed by atoms with van der Waals surface area (Å²) < 4.78 is 44.1. The molecule has 0 aliphatic carbocycles. The van der Waals surface area contributed by atoms with Crippen LogP contribution in [0, 0.1) is 17.5 Å². The molecule has 0 aliphatic rings. The van der Waals surface area contributed by atoms with Gasteiger partial charge in [-0.3, -0.25) is 10.1 Å². The molecule has 0 spiro atoms. The molecule has 0 aliphatic heterocycles. The van der Waals surface area contributed by atoms with E-state index < -0.39 is 34.9 Å². The van der Waals surface area contributed by atoms with Gasteiger partial charge in [-0.1, -0.05) is 0 Å². The Kier molecular flexibility index (Phi) is 4.76. The maximum absolute atomic E-state index is 13.5. The lowest BCUT2D eigenvalue weighted by atomic mass is 10.2. The van der Waals surface area contributed by atoms with Crippen LogP contribution in [0.15, 0.2) is 17.5 Å². The number of halogens is 3. The largest absolute Gasteiger partial charge is 0.461 e. The van der Waals surface area contributed by atoms with Crippen LogP contribution in [0.2, 0.25) is 0 Å². The molecule has 0 fully saturated rings. The van der Waals surface area contributed by atoms with Gasteiger partial charge in [0.25, 0.3) is 5.91 Å². The van der Waals surface area contributed by atoms with Crippen LogP contribution < -0.4 is 5.32 Å². The van der Waals surface area contributed by atoms with Gasteiger partial charge in [-0.15, -0.1) is 11.3 Å². The molecule has 0 saturated heterocycles. The minimum absolute atomic E-state index is 0.00261. The number of thiazole rings is 1. The van der Waals surface area contributed by atoms with Crippen molar-refractivity contribution in [3.05, 3.63) is 46.2 Å². The van der Waals surface area contributed by atoms with E-state index in [4.69, 9.17) is 4.74 Å². The second-order valence-electron chi connectivity index (χ2n) is 3.94. The number of hydrogen-bond acceptors (Lipinski definition) is 5. The van der Waals surface area contributed by atoms with Crippen molar-refractivity contribution in [1.82, 2.24) is 4.98 Å². The average molecular weight is 330 g/mol. The lowest BCUT2D eigenvalue weighted by Crippen LogP contribution is -2.15. The van der Waals surface area contributed by atoms with Gasteiger partial charge < -0.3 is 4.74 Å². The zero-order valence-corrected chi connectivity index (χ0v) is 12.0. The minimum atomic E-state index is -1.74. The van der Waals surface area contributed by atoms with E-state index in [0.29, 0.717) is 6.07 Å². The predicted molar refractivity (Wildman–Crippen MR) is 72.3 cm³/mol. The highest BCUT2D eigenvalue weighted by Crippen LogP contribution is 2.20. The van der Waals surface area contributed by atoms with Gasteiger partial charge in [0.1, 0.15) is 0 Å². The first kappa shape index (κ1) is 16.0. The van der Waals surface area contributed by atoms with E-state index in [1.165, 1.54) is 5.38 Å². The fourth-order valence-electron chi connectivity index (χ4n) is 1.50. The van der Waals surface area contributed by atoms with Gasteiger partial charge in [0.15, 0.2) is 28.3 Å². The molecule has 9 heteroatoms. The highest BCUT2D eigenvalue weighted by molar-refractivity contribution is 7.14. The monoisotopic (exact) mass is 330 g/mol. The normalized spacial score (nSPS) is 10.4. The molecule has 0 radical (unpaired) electrons. The highest BCUT2D eigenvalue weighted by Gasteiger charge is 2.20. The molecule has 0 unspecified atom stereocenters. The lowest BCUT2D eigenvalue weighted by Gasteiger charge is -2.04. The van der Waals surface area contributed by atoms with E-state index in [-0.39, 0.29) is 17.4 Å². The van der Waals surface area contributed by atoms with Crippen LogP contribution in [0.4, 0.5) is 18.3 Å². The molecular formula is C13H9F3N2O3S. The summed E-state index contributed by atoms with van der Waals surface area (Å²) in [4.78, 5) is 27.0. The van der Waals surface area contributed by atoms with E-state index in [2.05, 4.69) is 10.3 Å². The molecule has 0 atom stereocenters. The molecule has 0 bridgehead atoms. The first-order valence-electron chi connectivity index (χ1n) is 6.01. The molecule has 116 valence electrons. The SMILES string of the molecule is CCOC(=O)c1csc(NC(=O)c2ccc(F)c(F)c2F)n1. The highest BCUT2D eigenvalue weighted by atomic mass is 32.1. The van der Waals surface area contributed by atoms with Gasteiger partial charge in [0, 0.05) is 5.38 Å². The number of benzene rings is 1. The summed E-state index contributed by atoms with van der Waals surface area (Å²) in [6.45, 7) is 1.79. The van der Waals surface area contributed by atoms with E-state index >= 15 is 0 Å². The van der Waals surface area contributed by atoms with E-state index in [9.17, 15) is 22.8 Å². The third-order valence-corrected chi connectivity index (χ3v) is 3.25. The summed E-state index contributed by atoms with van der Waals surface area (Å²) in [5.74, 6) is -6.41. The van der Waals surface area contributed by atoms with Crippen molar-refractivity contribution in [2.45, 2.75) is 6.92 Å². The number of nitrogens with one attached hydrogen (secondary N) is 1. The zero-order chi connectivity index (χ0) is 16.3. The van der Waals surface area contributed by atoms with Gasteiger partial charge >= 0.3 is 5.97 Å². The average Bonchev–Trinajstić information content (AvgIpc) is 2.93. The van der Waals surface area contributed by atoms with Crippen molar-refractivity contribution in [3.8, 4) is 0 Å². The van der Waals surface area contributed by atoms with Crippen LogP contribution in [-0.2, 0) is 4.74 Å². The zero-order valence-electron chi connectivity index (χ0n) is 11.2. The van der Waals surface area contributed by atoms with Gasteiger partial charge in [0.05, 0.1) is 12.2 Å². The summed E-state index contributed by atoms with van der Waals surface area (Å²) in [6, 6.07) is 1.45. The molecule has 2 rings (SSSR count). The maximum Gasteiger partial charge on any atom is 0.357 e. The summed E-state index contributed by atoms with van der Waals surface area (Å²) in [5.41, 5.74) is -0.695. The molecule has 1 aromatic carbocycles. The van der Waals surface area contributed by atoms with Gasteiger partial charge in [0.2, 0.25) is 0 Å². The Hall–Kier alpha value is -2.42. The van der Waals surface area contributed by atoms with Crippen molar-refractivity contribution in [2.24, 2.45) is 0 Å². The van der Waals surface area contributed by atoms with Crippen LogP contribution in [0.1, 0.15) is 27.8 Å². The molecule has 1 amide bonds. The summed E-state index contributed by atoms with van der Waals surface area (Å²) >= 11 is 0.906. The lowest BCUT2D eigenvalue weighted by molar-refractivity contribution is 0.0520. The number of ether oxygens (including phenoxy) is 1. The number of anilines is 1. The van der Waals surface area contributed by atoms with Crippen LogP contribution >= 0.6 is 11.3 Å². The van der Waals surface area contributed by atoms with E-state index in [0.717, 1.165) is 17.4 Å². The number of carbonyl (C=O) groups excluding carboxylic acids is 2. The van der Waals surface area contributed by atoms with Crippen LogP contribution in [0.5, 0.6) is 0 Å². The van der Waals surface area contributed by atoms with Gasteiger partial charge in [-0.25, -0.2) is 22.9 Å². The topological polar surface area (TPSA) is 68.3 Å². The number of amides is 1. The Morgan fingerprint density at radius 1 is 1.27 bits per heavy atom. The Morgan fingerprint density at radius 3 is 2.68 bits per heavy atom. The molecule has 1 heterocycles. The summed E-state index contributed by atoms with van der Waals surface area (Å²) in [5, 5.41) is 3.53. The van der Waals surface area contributed by atoms with Crippen molar-refractivity contribution >= 4 is 28.3 Å². The van der Waals surface area contributed by atoms with Gasteiger partial charge in [-0.2, -0.15) is 0 Å². The molecule has 0 saturated carbocycles. The Labute approximate surface area is 126 Å². The van der Waals surface area contributed by atoms with Crippen molar-refractivity contribution in [3.63, 3.8) is 0 Å². The van der Waals surface area contributed by atoms with Crippen molar-refractivity contribution < 1.29 is 27.5 Å². The Morgan fingerprint density at radius 2 is 2.00 bits per heavy atom. The smallest absolute Gasteiger partial charge is 0.357 e. The second kappa shape index (κ2) is 6.56. The van der Waals surface area contributed by atoms with E-state index in [1.54, 1.807) is 6.92 Å². The number of hydrogen-bond donors (Lipinski definition) is 1. The molecule has 5 nitrogen and oxygen atoms in total. The molecule has 1 N–H and O–H groups in total. The number of nitrogens with zero attached hydrogens (tertiary/aromatic N) is 1. The predicted octanol–water partition coefficient (Wildman–Crippen LogP) is 2.99. The van der Waals surface area contributed by atoms with Crippen LogP contribution in [0.25, 0.3) is 0 Å². The number of rotatable bonds is 4. The Bertz CT molecular complexity index is 733. The van der Waals surface area contributed by atoms with Crippen molar-refractivity contribution in [1.29, 1.82) is 0 Å². The van der Waals surface area contributed by atoms with E-state index in [1.807, 2.05) is 0 Å². The maximum atomic E-state index is 13.5. The molecule has 1 aromatic heterocycles. The molecule has 22 heavy (non-hydrogen) atoms. The van der Waals surface area contributed by atoms with Gasteiger partial charge in [-0.05, 0) is 19.1 Å². The summed E-state index contributed by atoms with van der Waals surface area (Å²) in [6.07, 6.45) is 0. The third kappa shape index (κ3) is 3.25. The second-order valence-corrected chi connectivity index (χ2v) is 4.79. The van der Waals surface area contributed by atoms with Crippen LogP contribution in [0.3, 0.4) is 0 Å². The molecule has 2 aromatic rings. The number of aromatic nitrogens is 1. The fraction of sp³-hybridized carbons (Fsp3) is 0.154. The minimum Gasteiger partial charge on any atom is -0.461 e. The quantitative estimate of drug-likeness (QED) is 0.691. The van der Waals surface area contributed by atoms with Crippen LogP contribution in [-0.4, -0.2) is 23.5 Å². The first-order valence-corrected chi connectivity index (χ1v) is 6.89. The third-order valence-electron chi connectivity index (χ3n) is 2.49. The number of carbonyl (C=O) groups is 2. The molecular weight excluding hydrogens is 321 g/mol. The fourth-order valence-corrected chi connectivity index (χ4v) is 2.17. The summed E-state index contributed by atoms with van der Waals surface area (Å²) in [7, 11) is 0. The first-order chi connectivity index (χ1) is 10.4.